The fraction of sp³-hybridized carbons (Fsp3) is 0.312. The zero-order valence-corrected chi connectivity index (χ0v) is 14.9. The molecule has 0 spiro atoms. The maximum absolute atomic E-state index is 12.2. The van der Waals surface area contributed by atoms with Crippen LogP contribution in [0.4, 0.5) is 5.95 Å². The molecule has 2 aromatic rings. The van der Waals surface area contributed by atoms with Crippen molar-refractivity contribution in [2.24, 2.45) is 0 Å². The van der Waals surface area contributed by atoms with E-state index in [0.29, 0.717) is 23.6 Å². The van der Waals surface area contributed by atoms with Crippen molar-refractivity contribution in [1.82, 2.24) is 15.3 Å². The van der Waals surface area contributed by atoms with Crippen LogP contribution >= 0.6 is 15.9 Å². The summed E-state index contributed by atoms with van der Waals surface area (Å²) in [7, 11) is 1.57. The quantitative estimate of drug-likeness (QED) is 0.834. The van der Waals surface area contributed by atoms with Crippen LogP contribution in [0.1, 0.15) is 29.4 Å². The fourth-order valence-electron chi connectivity index (χ4n) is 2.18. The van der Waals surface area contributed by atoms with Gasteiger partial charge >= 0.3 is 0 Å². The van der Waals surface area contributed by atoms with Crippen LogP contribution in [0, 0.1) is 6.92 Å². The highest BCUT2D eigenvalue weighted by Crippen LogP contribution is 2.32. The Morgan fingerprint density at radius 2 is 2.13 bits per heavy atom. The molecule has 0 saturated heterocycles. The highest BCUT2D eigenvalue weighted by Gasteiger charge is 2.19. The van der Waals surface area contributed by atoms with Crippen LogP contribution in [0.15, 0.2) is 22.7 Å². The first-order valence-corrected chi connectivity index (χ1v) is 8.06. The van der Waals surface area contributed by atoms with E-state index in [4.69, 9.17) is 10.5 Å². The number of hydrogen-bond acceptors (Lipinski definition) is 5. The Morgan fingerprint density at radius 1 is 1.39 bits per heavy atom. The van der Waals surface area contributed by atoms with Crippen LogP contribution in [-0.4, -0.2) is 29.5 Å². The number of ether oxygens (including phenoxy) is 1. The predicted molar refractivity (Wildman–Crippen MR) is 93.5 cm³/mol. The Balaban J connectivity index is 2.53. The van der Waals surface area contributed by atoms with Gasteiger partial charge in [0.2, 0.25) is 5.95 Å². The van der Waals surface area contributed by atoms with Gasteiger partial charge in [-0.1, -0.05) is 6.92 Å². The zero-order chi connectivity index (χ0) is 17.0. The van der Waals surface area contributed by atoms with Gasteiger partial charge in [0.15, 0.2) is 0 Å². The molecular weight excluding hydrogens is 360 g/mol. The second-order valence-electron chi connectivity index (χ2n) is 4.96. The number of aryl methyl sites for hydroxylation is 1. The Kier molecular flexibility index (Phi) is 5.54. The summed E-state index contributed by atoms with van der Waals surface area (Å²) in [5, 5.41) is 2.61. The minimum atomic E-state index is -0.250. The predicted octanol–water partition coefficient (Wildman–Crippen LogP) is 2.95. The SMILES string of the molecule is CCCOc1ccc(-c2nc(N)nc(C)c2C(=O)NC)cc1Br. The number of anilines is 1. The first kappa shape index (κ1) is 17.2. The van der Waals surface area contributed by atoms with E-state index in [1.807, 2.05) is 25.1 Å². The van der Waals surface area contributed by atoms with Crippen molar-refractivity contribution in [2.75, 3.05) is 19.4 Å². The molecule has 0 saturated carbocycles. The number of hydrogen-bond donors (Lipinski definition) is 2. The number of rotatable bonds is 5. The van der Waals surface area contributed by atoms with E-state index in [1.54, 1.807) is 14.0 Å². The van der Waals surface area contributed by atoms with E-state index >= 15 is 0 Å². The highest BCUT2D eigenvalue weighted by atomic mass is 79.9. The number of amides is 1. The molecule has 122 valence electrons. The lowest BCUT2D eigenvalue weighted by molar-refractivity contribution is 0.0962. The summed E-state index contributed by atoms with van der Waals surface area (Å²) in [6, 6.07) is 5.55. The molecule has 2 rings (SSSR count). The van der Waals surface area contributed by atoms with Crippen molar-refractivity contribution in [1.29, 1.82) is 0 Å². The van der Waals surface area contributed by atoms with Gasteiger partial charge in [-0.05, 0) is 47.5 Å². The Labute approximate surface area is 143 Å². The normalized spacial score (nSPS) is 10.4. The molecule has 0 aliphatic rings. The van der Waals surface area contributed by atoms with Gasteiger partial charge in [0.05, 0.1) is 28.0 Å². The molecule has 0 bridgehead atoms. The van der Waals surface area contributed by atoms with Crippen LogP contribution in [0.3, 0.4) is 0 Å². The van der Waals surface area contributed by atoms with Gasteiger partial charge in [-0.2, -0.15) is 0 Å². The number of nitrogens with two attached hydrogens (primary N) is 1. The highest BCUT2D eigenvalue weighted by molar-refractivity contribution is 9.10. The smallest absolute Gasteiger partial charge is 0.255 e. The Hall–Kier alpha value is -2.15. The second kappa shape index (κ2) is 7.41. The van der Waals surface area contributed by atoms with Gasteiger partial charge in [0.25, 0.3) is 5.91 Å². The molecule has 1 amide bonds. The molecule has 1 aromatic carbocycles. The number of nitrogens with one attached hydrogen (secondary N) is 1. The lowest BCUT2D eigenvalue weighted by Gasteiger charge is -2.13. The van der Waals surface area contributed by atoms with E-state index in [9.17, 15) is 4.79 Å². The summed E-state index contributed by atoms with van der Waals surface area (Å²) < 4.78 is 6.43. The number of nitrogens with zero attached hydrogens (tertiary/aromatic N) is 2. The molecule has 1 heterocycles. The number of halogens is 1. The van der Waals surface area contributed by atoms with Gasteiger partial charge in [-0.3, -0.25) is 4.79 Å². The van der Waals surface area contributed by atoms with Crippen molar-refractivity contribution in [2.45, 2.75) is 20.3 Å². The van der Waals surface area contributed by atoms with Crippen molar-refractivity contribution >= 4 is 27.8 Å². The molecule has 3 N–H and O–H groups in total. The Morgan fingerprint density at radius 3 is 2.74 bits per heavy atom. The molecule has 0 aliphatic heterocycles. The molecule has 7 heteroatoms. The maximum atomic E-state index is 12.2. The zero-order valence-electron chi connectivity index (χ0n) is 13.3. The van der Waals surface area contributed by atoms with Crippen LogP contribution in [-0.2, 0) is 0 Å². The summed E-state index contributed by atoms with van der Waals surface area (Å²) in [5.74, 6) is 0.628. The van der Waals surface area contributed by atoms with Gasteiger partial charge < -0.3 is 15.8 Å². The van der Waals surface area contributed by atoms with E-state index in [0.717, 1.165) is 22.2 Å². The van der Waals surface area contributed by atoms with Crippen molar-refractivity contribution in [3.8, 4) is 17.0 Å². The summed E-state index contributed by atoms with van der Waals surface area (Å²) >= 11 is 3.49. The largest absolute Gasteiger partial charge is 0.492 e. The van der Waals surface area contributed by atoms with Gasteiger partial charge in [0, 0.05) is 12.6 Å². The van der Waals surface area contributed by atoms with Crippen LogP contribution in [0.2, 0.25) is 0 Å². The summed E-state index contributed by atoms with van der Waals surface area (Å²) in [6.45, 7) is 4.42. The summed E-state index contributed by atoms with van der Waals surface area (Å²) in [4.78, 5) is 20.5. The first-order valence-electron chi connectivity index (χ1n) is 7.26. The van der Waals surface area contributed by atoms with Crippen molar-refractivity contribution < 1.29 is 9.53 Å². The van der Waals surface area contributed by atoms with Crippen molar-refractivity contribution in [3.05, 3.63) is 33.9 Å². The van der Waals surface area contributed by atoms with Crippen LogP contribution < -0.4 is 15.8 Å². The third-order valence-electron chi connectivity index (χ3n) is 3.23. The third kappa shape index (κ3) is 3.79. The number of benzene rings is 1. The topological polar surface area (TPSA) is 90.1 Å². The van der Waals surface area contributed by atoms with Gasteiger partial charge in [0.1, 0.15) is 5.75 Å². The minimum Gasteiger partial charge on any atom is -0.492 e. The molecule has 23 heavy (non-hydrogen) atoms. The van der Waals surface area contributed by atoms with Crippen molar-refractivity contribution in [3.63, 3.8) is 0 Å². The van der Waals surface area contributed by atoms with Crippen LogP contribution in [0.5, 0.6) is 5.75 Å². The van der Waals surface area contributed by atoms with Crippen LogP contribution in [0.25, 0.3) is 11.3 Å². The number of nitrogen functional groups attached to an aromatic ring is 1. The maximum Gasteiger partial charge on any atom is 0.255 e. The molecule has 0 radical (unpaired) electrons. The van der Waals surface area contributed by atoms with E-state index in [1.165, 1.54) is 0 Å². The average molecular weight is 379 g/mol. The fourth-order valence-corrected chi connectivity index (χ4v) is 2.67. The molecular formula is C16H19BrN4O2. The van der Waals surface area contributed by atoms with E-state index < -0.39 is 0 Å². The minimum absolute atomic E-state index is 0.132. The standard InChI is InChI=1S/C16H19BrN4O2/c1-4-7-23-12-6-5-10(8-11(12)17)14-13(15(22)19-3)9(2)20-16(18)21-14/h5-6,8H,4,7H2,1-3H3,(H,19,22)(H2,18,20,21). The third-order valence-corrected chi connectivity index (χ3v) is 3.85. The first-order chi connectivity index (χ1) is 11.0. The lowest BCUT2D eigenvalue weighted by atomic mass is 10.0. The molecule has 0 atom stereocenters. The number of aromatic nitrogens is 2. The van der Waals surface area contributed by atoms with E-state index in [-0.39, 0.29) is 11.9 Å². The van der Waals surface area contributed by atoms with Gasteiger partial charge in [-0.25, -0.2) is 9.97 Å². The Bertz CT molecular complexity index is 734. The average Bonchev–Trinajstić information content (AvgIpc) is 2.52. The molecule has 1 aromatic heterocycles. The van der Waals surface area contributed by atoms with E-state index in [2.05, 4.69) is 31.2 Å². The summed E-state index contributed by atoms with van der Waals surface area (Å²) in [5.41, 5.74) is 7.96. The number of carbonyl (C=O) groups excluding carboxylic acids is 1. The van der Waals surface area contributed by atoms with Gasteiger partial charge in [-0.15, -0.1) is 0 Å². The monoisotopic (exact) mass is 378 g/mol. The molecule has 6 nitrogen and oxygen atoms in total. The molecule has 0 aliphatic carbocycles. The summed E-state index contributed by atoms with van der Waals surface area (Å²) in [6.07, 6.45) is 0.927. The molecule has 0 unspecified atom stereocenters. The number of carbonyl (C=O) groups is 1. The second-order valence-corrected chi connectivity index (χ2v) is 5.82. The lowest BCUT2D eigenvalue weighted by Crippen LogP contribution is -2.21. The molecule has 0 fully saturated rings.